The molecular formula is C26H28O8. The number of methoxy groups -OCH3 is 2. The van der Waals surface area contributed by atoms with Gasteiger partial charge in [-0.1, -0.05) is 6.08 Å². The van der Waals surface area contributed by atoms with Gasteiger partial charge in [0.05, 0.1) is 20.5 Å². The number of ether oxygens (including phenoxy) is 5. The van der Waals surface area contributed by atoms with Gasteiger partial charge in [0.25, 0.3) is 0 Å². The lowest BCUT2D eigenvalue weighted by atomic mass is 10.1. The summed E-state index contributed by atoms with van der Waals surface area (Å²) < 4.78 is 33.4. The van der Waals surface area contributed by atoms with Crippen molar-refractivity contribution in [2.75, 3.05) is 20.8 Å². The summed E-state index contributed by atoms with van der Waals surface area (Å²) in [6.45, 7) is 5.54. The zero-order valence-corrected chi connectivity index (χ0v) is 19.8. The number of aliphatic hydroxyl groups excluding tert-OH is 1. The summed E-state index contributed by atoms with van der Waals surface area (Å²) in [7, 11) is 3.09. The van der Waals surface area contributed by atoms with Gasteiger partial charge < -0.3 is 33.2 Å². The van der Waals surface area contributed by atoms with Crippen molar-refractivity contribution >= 4 is 11.0 Å². The third kappa shape index (κ3) is 5.83. The Morgan fingerprint density at radius 2 is 1.74 bits per heavy atom. The van der Waals surface area contributed by atoms with Crippen LogP contribution in [0.3, 0.4) is 0 Å². The summed E-state index contributed by atoms with van der Waals surface area (Å²) in [4.78, 5) is 12.8. The normalized spacial score (nSPS) is 14.0. The molecule has 0 unspecified atom stereocenters. The molecule has 0 saturated heterocycles. The summed E-state index contributed by atoms with van der Waals surface area (Å²) in [6.07, 6.45) is 4.08. The van der Waals surface area contributed by atoms with Crippen LogP contribution in [-0.2, 0) is 9.47 Å². The molecule has 1 N–H and O–H groups in total. The molecule has 0 atom stereocenters. The van der Waals surface area contributed by atoms with Crippen LogP contribution in [0.1, 0.15) is 20.8 Å². The van der Waals surface area contributed by atoms with E-state index in [0.29, 0.717) is 34.0 Å². The van der Waals surface area contributed by atoms with Gasteiger partial charge in [0.1, 0.15) is 46.8 Å². The quantitative estimate of drug-likeness (QED) is 0.470. The van der Waals surface area contributed by atoms with E-state index in [1.807, 2.05) is 26.0 Å². The van der Waals surface area contributed by atoms with E-state index in [1.165, 1.54) is 19.4 Å². The molecule has 0 amide bonds. The Morgan fingerprint density at radius 3 is 2.29 bits per heavy atom. The van der Waals surface area contributed by atoms with Gasteiger partial charge in [-0.2, -0.15) is 0 Å². The summed E-state index contributed by atoms with van der Waals surface area (Å²) in [5.74, 6) is 1.85. The monoisotopic (exact) mass is 468 g/mol. The van der Waals surface area contributed by atoms with Crippen LogP contribution in [0.5, 0.6) is 17.2 Å². The van der Waals surface area contributed by atoms with Gasteiger partial charge in [-0.15, -0.1) is 0 Å². The van der Waals surface area contributed by atoms with Crippen molar-refractivity contribution in [2.24, 2.45) is 0 Å². The fraction of sp³-hybridized carbons (Fsp3) is 0.269. The molecule has 2 aromatic carbocycles. The number of benzene rings is 2. The zero-order valence-electron chi connectivity index (χ0n) is 19.8. The number of rotatable bonds is 6. The molecule has 0 bridgehead atoms. The summed E-state index contributed by atoms with van der Waals surface area (Å²) in [5, 5.41) is 8.04. The van der Waals surface area contributed by atoms with Crippen LogP contribution in [0.4, 0.5) is 0 Å². The second kappa shape index (κ2) is 10.7. The minimum atomic E-state index is -0.709. The number of aliphatic hydroxyl groups is 1. The Hall–Kier alpha value is -4.07. The number of hydrogen-bond donors (Lipinski definition) is 1. The van der Waals surface area contributed by atoms with Gasteiger partial charge in [-0.3, -0.25) is 4.79 Å². The lowest BCUT2D eigenvalue weighted by Crippen LogP contribution is -2.21. The largest absolute Gasteiger partial charge is 0.516 e. The highest BCUT2D eigenvalue weighted by atomic mass is 16.7. The fourth-order valence-corrected chi connectivity index (χ4v) is 3.16. The molecule has 1 aromatic heterocycles. The maximum atomic E-state index is 12.8. The first kappa shape index (κ1) is 24.6. The predicted octanol–water partition coefficient (Wildman–Crippen LogP) is 5.56. The Morgan fingerprint density at radius 1 is 1.03 bits per heavy atom. The zero-order chi connectivity index (χ0) is 24.7. The van der Waals surface area contributed by atoms with E-state index in [0.717, 1.165) is 17.6 Å². The minimum absolute atomic E-state index is 0.167. The number of fused-ring (bicyclic) bond motifs is 1. The first-order chi connectivity index (χ1) is 16.3. The van der Waals surface area contributed by atoms with E-state index in [9.17, 15) is 4.79 Å². The van der Waals surface area contributed by atoms with Crippen molar-refractivity contribution in [1.82, 2.24) is 0 Å². The van der Waals surface area contributed by atoms with E-state index in [1.54, 1.807) is 44.4 Å². The maximum absolute atomic E-state index is 12.8. The topological polar surface area (TPSA) is 96.6 Å². The Labute approximate surface area is 197 Å². The third-order valence-corrected chi connectivity index (χ3v) is 4.74. The van der Waals surface area contributed by atoms with Crippen LogP contribution in [-0.4, -0.2) is 31.7 Å². The maximum Gasteiger partial charge on any atom is 0.244 e. The van der Waals surface area contributed by atoms with Crippen LogP contribution < -0.4 is 19.6 Å². The van der Waals surface area contributed by atoms with Crippen LogP contribution in [0.2, 0.25) is 0 Å². The molecule has 8 nitrogen and oxygen atoms in total. The van der Waals surface area contributed by atoms with Crippen molar-refractivity contribution in [3.63, 3.8) is 0 Å². The standard InChI is InChI=1S/C23H22O7.C3H6O/c1-23(2)28-13-17(30-23)12-27-16-9-20(26-4)22-18(24)11-19(29-21(22)10-16)14-5-7-15(25-3)8-6-14;1-2-3-4/h5-11,13H,12H2,1-4H3;2-4H,1H3. The molecule has 8 heteroatoms. The Kier molecular flexibility index (Phi) is 7.73. The van der Waals surface area contributed by atoms with Crippen LogP contribution in [0.15, 0.2) is 76.0 Å². The smallest absolute Gasteiger partial charge is 0.244 e. The van der Waals surface area contributed by atoms with Crippen LogP contribution >= 0.6 is 0 Å². The van der Waals surface area contributed by atoms with Crippen molar-refractivity contribution in [3.8, 4) is 28.6 Å². The Balaban J connectivity index is 0.000000751. The van der Waals surface area contributed by atoms with Gasteiger partial charge in [-0.05, 0) is 31.2 Å². The summed E-state index contributed by atoms with van der Waals surface area (Å²) >= 11 is 0. The number of hydrogen-bond acceptors (Lipinski definition) is 8. The van der Waals surface area contributed by atoms with Gasteiger partial charge in [0.2, 0.25) is 5.79 Å². The average molecular weight is 469 g/mol. The molecule has 0 saturated carbocycles. The summed E-state index contributed by atoms with van der Waals surface area (Å²) in [5.41, 5.74) is 0.909. The van der Waals surface area contributed by atoms with Crippen molar-refractivity contribution in [1.29, 1.82) is 0 Å². The minimum Gasteiger partial charge on any atom is -0.516 e. The van der Waals surface area contributed by atoms with Crippen molar-refractivity contribution in [3.05, 3.63) is 77.0 Å². The predicted molar refractivity (Wildman–Crippen MR) is 128 cm³/mol. The van der Waals surface area contributed by atoms with Gasteiger partial charge >= 0.3 is 0 Å². The molecule has 3 aromatic rings. The lowest BCUT2D eigenvalue weighted by Gasteiger charge is -2.18. The van der Waals surface area contributed by atoms with E-state index >= 15 is 0 Å². The van der Waals surface area contributed by atoms with Gasteiger partial charge in [0.15, 0.2) is 11.2 Å². The average Bonchev–Trinajstić information content (AvgIpc) is 3.20. The van der Waals surface area contributed by atoms with Gasteiger partial charge in [-0.25, -0.2) is 0 Å². The van der Waals surface area contributed by atoms with E-state index in [4.69, 9.17) is 33.2 Å². The second-order valence-corrected chi connectivity index (χ2v) is 7.68. The van der Waals surface area contributed by atoms with Gasteiger partial charge in [0, 0.05) is 37.6 Å². The van der Waals surface area contributed by atoms with E-state index in [-0.39, 0.29) is 12.0 Å². The van der Waals surface area contributed by atoms with Crippen LogP contribution in [0.25, 0.3) is 22.3 Å². The molecule has 0 radical (unpaired) electrons. The molecule has 4 rings (SSSR count). The Bertz CT molecular complexity index is 1230. The third-order valence-electron chi connectivity index (χ3n) is 4.74. The molecule has 0 aliphatic carbocycles. The molecule has 1 aliphatic rings. The molecule has 180 valence electrons. The lowest BCUT2D eigenvalue weighted by molar-refractivity contribution is -0.119. The van der Waals surface area contributed by atoms with E-state index < -0.39 is 5.79 Å². The highest BCUT2D eigenvalue weighted by Crippen LogP contribution is 2.33. The highest BCUT2D eigenvalue weighted by molar-refractivity contribution is 5.86. The first-order valence-electron chi connectivity index (χ1n) is 10.5. The SMILES string of the molecule is CC=CO.COc1ccc(-c2cc(=O)c3c(OC)cc(OCC4=COC(C)(C)O4)cc3o2)cc1. The second-order valence-electron chi connectivity index (χ2n) is 7.68. The van der Waals surface area contributed by atoms with Crippen molar-refractivity contribution < 1.29 is 33.2 Å². The molecule has 34 heavy (non-hydrogen) atoms. The highest BCUT2D eigenvalue weighted by Gasteiger charge is 2.27. The first-order valence-corrected chi connectivity index (χ1v) is 10.5. The molecule has 2 heterocycles. The molecular weight excluding hydrogens is 440 g/mol. The summed E-state index contributed by atoms with van der Waals surface area (Å²) in [6, 6.07) is 12.0. The number of allylic oxidation sites excluding steroid dienone is 1. The molecule has 0 spiro atoms. The fourth-order valence-electron chi connectivity index (χ4n) is 3.16. The van der Waals surface area contributed by atoms with Crippen LogP contribution in [0, 0.1) is 0 Å². The molecule has 1 aliphatic heterocycles. The molecule has 0 fully saturated rings. The van der Waals surface area contributed by atoms with Crippen molar-refractivity contribution in [2.45, 2.75) is 26.6 Å². The van der Waals surface area contributed by atoms with E-state index in [2.05, 4.69) is 0 Å².